The number of hydrogen-bond acceptors (Lipinski definition) is 3. The first kappa shape index (κ1) is 18.5. The van der Waals surface area contributed by atoms with Gasteiger partial charge in [0.1, 0.15) is 0 Å². The third kappa shape index (κ3) is 3.35. The molecule has 6 heteroatoms. The maximum Gasteiger partial charge on any atom is 0.275 e. The van der Waals surface area contributed by atoms with E-state index in [1.54, 1.807) is 6.92 Å². The molecule has 1 atom stereocenters. The molecule has 1 saturated heterocycles. The summed E-state index contributed by atoms with van der Waals surface area (Å²) in [5, 5.41) is 3.21. The van der Waals surface area contributed by atoms with Gasteiger partial charge in [0.2, 0.25) is 5.91 Å². The second kappa shape index (κ2) is 7.26. The van der Waals surface area contributed by atoms with Crippen LogP contribution in [0.3, 0.4) is 0 Å². The van der Waals surface area contributed by atoms with Crippen LogP contribution in [0.25, 0.3) is 5.65 Å². The van der Waals surface area contributed by atoms with Crippen molar-refractivity contribution < 1.29 is 4.79 Å². The average molecular weight is 378 g/mol. The van der Waals surface area contributed by atoms with Crippen molar-refractivity contribution in [3.05, 3.63) is 68.8 Å². The number of nitrogens with zero attached hydrogens (tertiary/aromatic N) is 3. The molecule has 28 heavy (non-hydrogen) atoms. The molecule has 2 aromatic heterocycles. The Hall–Kier alpha value is -2.89. The van der Waals surface area contributed by atoms with Crippen LogP contribution < -0.4 is 5.56 Å². The Kier molecular flexibility index (Phi) is 4.79. The summed E-state index contributed by atoms with van der Waals surface area (Å²) in [5.74, 6) is 0.125. The zero-order valence-electron chi connectivity index (χ0n) is 16.7. The van der Waals surface area contributed by atoms with E-state index in [1.807, 2.05) is 49.1 Å². The molecule has 1 aromatic carbocycles. The van der Waals surface area contributed by atoms with Gasteiger partial charge in [0.15, 0.2) is 5.65 Å². The van der Waals surface area contributed by atoms with Crippen molar-refractivity contribution in [1.82, 2.24) is 19.5 Å². The molecule has 1 fully saturated rings. The summed E-state index contributed by atoms with van der Waals surface area (Å²) >= 11 is 0. The number of rotatable bonds is 3. The van der Waals surface area contributed by atoms with E-state index in [4.69, 9.17) is 0 Å². The van der Waals surface area contributed by atoms with Gasteiger partial charge >= 0.3 is 0 Å². The molecular formula is C22H26N4O2. The first-order valence-corrected chi connectivity index (χ1v) is 9.88. The highest BCUT2D eigenvalue weighted by Gasteiger charge is 2.29. The van der Waals surface area contributed by atoms with Crippen LogP contribution in [0.4, 0.5) is 0 Å². The van der Waals surface area contributed by atoms with Gasteiger partial charge in [-0.15, -0.1) is 0 Å². The number of carbonyl (C=O) groups excluding carboxylic acids is 1. The van der Waals surface area contributed by atoms with Crippen LogP contribution in [0.15, 0.2) is 35.1 Å². The van der Waals surface area contributed by atoms with Crippen LogP contribution in [0.5, 0.6) is 0 Å². The third-order valence-electron chi connectivity index (χ3n) is 5.76. The van der Waals surface area contributed by atoms with Gasteiger partial charge in [-0.3, -0.25) is 14.7 Å². The van der Waals surface area contributed by atoms with Gasteiger partial charge < -0.3 is 4.90 Å². The van der Waals surface area contributed by atoms with Gasteiger partial charge in [-0.05, 0) is 45.6 Å². The van der Waals surface area contributed by atoms with E-state index >= 15 is 0 Å². The predicted octanol–water partition coefficient (Wildman–Crippen LogP) is 3.24. The lowest BCUT2D eigenvalue weighted by molar-refractivity contribution is -0.134. The summed E-state index contributed by atoms with van der Waals surface area (Å²) in [7, 11) is 0. The number of amides is 1. The minimum atomic E-state index is -0.0814. The first-order valence-electron chi connectivity index (χ1n) is 9.88. The Morgan fingerprint density at radius 2 is 1.93 bits per heavy atom. The quantitative estimate of drug-likeness (QED) is 0.761. The molecule has 6 nitrogen and oxygen atoms in total. The van der Waals surface area contributed by atoms with E-state index in [1.165, 1.54) is 10.1 Å². The lowest BCUT2D eigenvalue weighted by atomic mass is 9.98. The highest BCUT2D eigenvalue weighted by molar-refractivity contribution is 5.79. The number of aromatic nitrogens is 3. The number of piperidine rings is 1. The van der Waals surface area contributed by atoms with Crippen molar-refractivity contribution in [2.75, 3.05) is 6.54 Å². The molecule has 1 unspecified atom stereocenters. The Morgan fingerprint density at radius 3 is 2.68 bits per heavy atom. The molecule has 3 heterocycles. The molecule has 146 valence electrons. The van der Waals surface area contributed by atoms with Crippen LogP contribution >= 0.6 is 0 Å². The molecule has 0 radical (unpaired) electrons. The number of benzene rings is 1. The summed E-state index contributed by atoms with van der Waals surface area (Å²) in [4.78, 5) is 32.1. The van der Waals surface area contributed by atoms with Gasteiger partial charge in [-0.1, -0.05) is 29.8 Å². The highest BCUT2D eigenvalue weighted by Crippen LogP contribution is 2.31. The number of H-pyrrole nitrogens is 1. The highest BCUT2D eigenvalue weighted by atomic mass is 16.2. The van der Waals surface area contributed by atoms with Crippen LogP contribution in [-0.2, 0) is 11.2 Å². The van der Waals surface area contributed by atoms with Crippen molar-refractivity contribution in [1.29, 1.82) is 0 Å². The predicted molar refractivity (Wildman–Crippen MR) is 108 cm³/mol. The molecule has 1 amide bonds. The molecule has 0 spiro atoms. The summed E-state index contributed by atoms with van der Waals surface area (Å²) in [6.45, 7) is 6.42. The number of hydrogen-bond donors (Lipinski definition) is 1. The van der Waals surface area contributed by atoms with Crippen molar-refractivity contribution in [2.24, 2.45) is 0 Å². The molecular weight excluding hydrogens is 352 g/mol. The summed E-state index contributed by atoms with van der Waals surface area (Å²) in [6, 6.07) is 9.98. The topological polar surface area (TPSA) is 70.5 Å². The summed E-state index contributed by atoms with van der Waals surface area (Å²) in [5.41, 5.74) is 5.01. The van der Waals surface area contributed by atoms with Crippen molar-refractivity contribution in [3.8, 4) is 0 Å². The van der Waals surface area contributed by atoms with Gasteiger partial charge in [-0.2, -0.15) is 0 Å². The summed E-state index contributed by atoms with van der Waals surface area (Å²) < 4.78 is 1.49. The van der Waals surface area contributed by atoms with Crippen molar-refractivity contribution in [2.45, 2.75) is 52.5 Å². The van der Waals surface area contributed by atoms with Crippen LogP contribution in [0, 0.1) is 20.8 Å². The maximum atomic E-state index is 13.1. The second-order valence-electron chi connectivity index (χ2n) is 7.79. The molecule has 4 rings (SSSR count). The molecule has 3 aromatic rings. The number of nitrogens with one attached hydrogen (secondary N) is 1. The third-order valence-corrected chi connectivity index (χ3v) is 5.76. The van der Waals surface area contributed by atoms with E-state index in [-0.39, 0.29) is 17.5 Å². The van der Waals surface area contributed by atoms with Gasteiger partial charge in [0.05, 0.1) is 18.2 Å². The standard InChI is InChI=1S/C22H26N4O2/c1-14-7-9-17(10-8-14)12-21(27)25-11-5-4-6-19(25)18-13-20-23-16(3)15(2)22(28)26(20)24-18/h7-10,13,19,24H,4-6,11-12H2,1-3H3. The Morgan fingerprint density at radius 1 is 1.18 bits per heavy atom. The van der Waals surface area contributed by atoms with Crippen LogP contribution in [-0.4, -0.2) is 31.9 Å². The second-order valence-corrected chi connectivity index (χ2v) is 7.79. The van der Waals surface area contributed by atoms with Crippen LogP contribution in [0.1, 0.15) is 53.4 Å². The smallest absolute Gasteiger partial charge is 0.275 e. The Labute approximate surface area is 164 Å². The number of aryl methyl sites for hydroxylation is 2. The first-order chi connectivity index (χ1) is 13.4. The Balaban J connectivity index is 1.64. The fourth-order valence-electron chi connectivity index (χ4n) is 3.94. The van der Waals surface area contributed by atoms with E-state index in [0.717, 1.165) is 42.8 Å². The van der Waals surface area contributed by atoms with E-state index in [9.17, 15) is 9.59 Å². The minimum absolute atomic E-state index is 0.0478. The molecule has 1 N–H and O–H groups in total. The van der Waals surface area contributed by atoms with Gasteiger partial charge in [0.25, 0.3) is 5.56 Å². The van der Waals surface area contributed by atoms with E-state index in [0.29, 0.717) is 17.6 Å². The average Bonchev–Trinajstić information content (AvgIpc) is 3.12. The monoisotopic (exact) mass is 378 g/mol. The summed E-state index contributed by atoms with van der Waals surface area (Å²) in [6.07, 6.45) is 3.36. The molecule has 1 aliphatic rings. The number of aromatic amines is 1. The number of fused-ring (bicyclic) bond motifs is 1. The molecule has 0 saturated carbocycles. The normalized spacial score (nSPS) is 17.2. The zero-order chi connectivity index (χ0) is 19.8. The SMILES string of the molecule is Cc1ccc(CC(=O)N2CCCCC2c2cc3nc(C)c(C)c(=O)n3[nH]2)cc1. The van der Waals surface area contributed by atoms with E-state index < -0.39 is 0 Å². The lowest BCUT2D eigenvalue weighted by Crippen LogP contribution is -2.39. The van der Waals surface area contributed by atoms with Crippen LogP contribution in [0.2, 0.25) is 0 Å². The number of carbonyl (C=O) groups is 1. The maximum absolute atomic E-state index is 13.1. The van der Waals surface area contributed by atoms with Gasteiger partial charge in [0, 0.05) is 23.9 Å². The Bertz CT molecular complexity index is 1080. The fourth-order valence-corrected chi connectivity index (χ4v) is 3.94. The van der Waals surface area contributed by atoms with Crippen molar-refractivity contribution in [3.63, 3.8) is 0 Å². The zero-order valence-corrected chi connectivity index (χ0v) is 16.7. The molecule has 0 bridgehead atoms. The largest absolute Gasteiger partial charge is 0.334 e. The van der Waals surface area contributed by atoms with E-state index in [2.05, 4.69) is 10.1 Å². The minimum Gasteiger partial charge on any atom is -0.334 e. The van der Waals surface area contributed by atoms with Crippen molar-refractivity contribution >= 4 is 11.6 Å². The van der Waals surface area contributed by atoms with Gasteiger partial charge in [-0.25, -0.2) is 9.50 Å². The number of likely N-dealkylation sites (tertiary alicyclic amines) is 1. The molecule has 0 aliphatic carbocycles. The fraction of sp³-hybridized carbons (Fsp3) is 0.409. The lowest BCUT2D eigenvalue weighted by Gasteiger charge is -2.35. The molecule has 1 aliphatic heterocycles.